The molecule has 0 bridgehead atoms. The van der Waals surface area contributed by atoms with E-state index in [1.165, 1.54) is 0 Å². The van der Waals surface area contributed by atoms with E-state index >= 15 is 0 Å². The van der Waals surface area contributed by atoms with Crippen LogP contribution in [0.5, 0.6) is 0 Å². The van der Waals surface area contributed by atoms with Crippen LogP contribution in [-0.4, -0.2) is 32.2 Å². The largest absolute Gasteiger partial charge is 0.460 e. The van der Waals surface area contributed by atoms with E-state index in [1.807, 2.05) is 73.7 Å². The number of benzene rings is 2. The number of amides is 1. The Hall–Kier alpha value is -4.13. The number of imidazole rings is 1. The SMILES string of the molecule is Cc1ccc(-c2nn(-c3ccccc3)cc2C(=O)NCCCc2nc3ccccc3[nH]2)o1. The van der Waals surface area contributed by atoms with E-state index < -0.39 is 0 Å². The van der Waals surface area contributed by atoms with Gasteiger partial charge in [-0.2, -0.15) is 5.10 Å². The van der Waals surface area contributed by atoms with Gasteiger partial charge in [0.25, 0.3) is 5.91 Å². The highest BCUT2D eigenvalue weighted by atomic mass is 16.3. The van der Waals surface area contributed by atoms with E-state index in [4.69, 9.17) is 4.42 Å². The van der Waals surface area contributed by atoms with Crippen LogP contribution in [0.4, 0.5) is 0 Å². The van der Waals surface area contributed by atoms with Gasteiger partial charge in [-0.05, 0) is 49.7 Å². The van der Waals surface area contributed by atoms with Gasteiger partial charge in [0, 0.05) is 19.2 Å². The van der Waals surface area contributed by atoms with Crippen molar-refractivity contribution >= 4 is 16.9 Å². The van der Waals surface area contributed by atoms with Crippen LogP contribution in [0.15, 0.2) is 77.3 Å². The number of nitrogens with zero attached hydrogens (tertiary/aromatic N) is 3. The fraction of sp³-hybridized carbons (Fsp3) is 0.160. The third kappa shape index (κ3) is 4.05. The van der Waals surface area contributed by atoms with Crippen molar-refractivity contribution in [2.45, 2.75) is 19.8 Å². The maximum Gasteiger partial charge on any atom is 0.255 e. The standard InChI is InChI=1S/C25H23N5O2/c1-17-13-14-22(32-17)24-19(16-30(29-24)18-8-3-2-4-9-18)25(31)26-15-7-12-23-27-20-10-5-6-11-21(20)28-23/h2-6,8-11,13-14,16H,7,12,15H2,1H3,(H,26,31)(H,27,28). The van der Waals surface area contributed by atoms with Crippen molar-refractivity contribution in [1.82, 2.24) is 25.1 Å². The van der Waals surface area contributed by atoms with E-state index in [0.29, 0.717) is 23.6 Å². The number of rotatable bonds is 7. The van der Waals surface area contributed by atoms with Gasteiger partial charge >= 0.3 is 0 Å². The fourth-order valence-corrected chi connectivity index (χ4v) is 3.67. The zero-order valence-electron chi connectivity index (χ0n) is 17.7. The zero-order chi connectivity index (χ0) is 21.9. The number of hydrogen-bond donors (Lipinski definition) is 2. The first-order chi connectivity index (χ1) is 15.7. The minimum atomic E-state index is -0.180. The van der Waals surface area contributed by atoms with Crippen LogP contribution < -0.4 is 5.32 Å². The summed E-state index contributed by atoms with van der Waals surface area (Å²) < 4.78 is 7.46. The maximum absolute atomic E-state index is 13.0. The Morgan fingerprint density at radius 1 is 1.06 bits per heavy atom. The quantitative estimate of drug-likeness (QED) is 0.371. The summed E-state index contributed by atoms with van der Waals surface area (Å²) in [5.74, 6) is 2.08. The van der Waals surface area contributed by atoms with Crippen LogP contribution in [-0.2, 0) is 6.42 Å². The number of nitrogens with one attached hydrogen (secondary N) is 2. The van der Waals surface area contributed by atoms with Crippen molar-refractivity contribution in [3.05, 3.63) is 90.1 Å². The molecule has 2 N–H and O–H groups in total. The molecule has 160 valence electrons. The highest BCUT2D eigenvalue weighted by Gasteiger charge is 2.20. The van der Waals surface area contributed by atoms with Crippen molar-refractivity contribution in [2.75, 3.05) is 6.54 Å². The Morgan fingerprint density at radius 3 is 2.66 bits per heavy atom. The normalized spacial score (nSPS) is 11.2. The predicted octanol–water partition coefficient (Wildman–Crippen LogP) is 4.68. The van der Waals surface area contributed by atoms with Crippen molar-refractivity contribution in [3.63, 3.8) is 0 Å². The lowest BCUT2D eigenvalue weighted by molar-refractivity contribution is 0.0953. The van der Waals surface area contributed by atoms with E-state index in [-0.39, 0.29) is 5.91 Å². The lowest BCUT2D eigenvalue weighted by Crippen LogP contribution is -2.25. The van der Waals surface area contributed by atoms with Crippen molar-refractivity contribution in [1.29, 1.82) is 0 Å². The summed E-state index contributed by atoms with van der Waals surface area (Å²) in [5, 5.41) is 7.64. The smallest absolute Gasteiger partial charge is 0.255 e. The highest BCUT2D eigenvalue weighted by Crippen LogP contribution is 2.25. The molecule has 7 nitrogen and oxygen atoms in total. The number of hydrogen-bond acceptors (Lipinski definition) is 4. The van der Waals surface area contributed by atoms with Crippen LogP contribution in [0.1, 0.15) is 28.4 Å². The molecule has 0 spiro atoms. The molecule has 0 atom stereocenters. The number of aromatic amines is 1. The zero-order valence-corrected chi connectivity index (χ0v) is 17.7. The van der Waals surface area contributed by atoms with Gasteiger partial charge in [-0.25, -0.2) is 9.67 Å². The van der Waals surface area contributed by atoms with Crippen LogP contribution in [0, 0.1) is 6.92 Å². The van der Waals surface area contributed by atoms with Gasteiger partial charge in [0.15, 0.2) is 5.76 Å². The third-order valence-corrected chi connectivity index (χ3v) is 5.27. The summed E-state index contributed by atoms with van der Waals surface area (Å²) in [6.45, 7) is 2.40. The molecule has 32 heavy (non-hydrogen) atoms. The first kappa shape index (κ1) is 19.8. The highest BCUT2D eigenvalue weighted by molar-refractivity contribution is 5.99. The van der Waals surface area contributed by atoms with Crippen molar-refractivity contribution in [3.8, 4) is 17.1 Å². The number of carbonyl (C=O) groups is 1. The first-order valence-electron chi connectivity index (χ1n) is 10.6. The molecule has 2 aromatic carbocycles. The van der Waals surface area contributed by atoms with Gasteiger partial charge in [0.2, 0.25) is 0 Å². The third-order valence-electron chi connectivity index (χ3n) is 5.27. The molecule has 7 heteroatoms. The van der Waals surface area contributed by atoms with Crippen LogP contribution >= 0.6 is 0 Å². The molecule has 0 saturated carbocycles. The molecule has 0 radical (unpaired) electrons. The topological polar surface area (TPSA) is 88.7 Å². The average Bonchev–Trinajstić information content (AvgIpc) is 3.54. The minimum absolute atomic E-state index is 0.180. The Kier molecular flexibility index (Phi) is 5.29. The number of aromatic nitrogens is 4. The summed E-state index contributed by atoms with van der Waals surface area (Å²) in [6, 6.07) is 21.4. The summed E-state index contributed by atoms with van der Waals surface area (Å²) in [7, 11) is 0. The molecule has 1 amide bonds. The Morgan fingerprint density at radius 2 is 1.88 bits per heavy atom. The Labute approximate surface area is 185 Å². The number of furan rings is 1. The Balaban J connectivity index is 1.30. The van der Waals surface area contributed by atoms with Crippen molar-refractivity contribution in [2.24, 2.45) is 0 Å². The van der Waals surface area contributed by atoms with E-state index in [1.54, 1.807) is 10.9 Å². The summed E-state index contributed by atoms with van der Waals surface area (Å²) in [5.41, 5.74) is 3.86. The summed E-state index contributed by atoms with van der Waals surface area (Å²) in [4.78, 5) is 20.9. The molecule has 0 aliphatic carbocycles. The summed E-state index contributed by atoms with van der Waals surface area (Å²) in [6.07, 6.45) is 3.27. The number of aryl methyl sites for hydroxylation is 2. The molecule has 0 fully saturated rings. The van der Waals surface area contributed by atoms with Crippen LogP contribution in [0.25, 0.3) is 28.2 Å². The molecular weight excluding hydrogens is 402 g/mol. The van der Waals surface area contributed by atoms with Gasteiger partial charge in [0.1, 0.15) is 17.3 Å². The average molecular weight is 425 g/mol. The van der Waals surface area contributed by atoms with Gasteiger partial charge in [-0.15, -0.1) is 0 Å². The van der Waals surface area contributed by atoms with E-state index in [9.17, 15) is 4.79 Å². The monoisotopic (exact) mass is 425 g/mol. The molecule has 5 rings (SSSR count). The summed E-state index contributed by atoms with van der Waals surface area (Å²) >= 11 is 0. The number of carbonyl (C=O) groups excluding carboxylic acids is 1. The fourth-order valence-electron chi connectivity index (χ4n) is 3.67. The van der Waals surface area contributed by atoms with Crippen LogP contribution in [0.2, 0.25) is 0 Å². The minimum Gasteiger partial charge on any atom is -0.460 e. The number of H-pyrrole nitrogens is 1. The molecule has 0 aliphatic heterocycles. The molecule has 3 heterocycles. The molecule has 3 aromatic heterocycles. The van der Waals surface area contributed by atoms with Gasteiger partial charge in [-0.3, -0.25) is 4.79 Å². The molecule has 0 unspecified atom stereocenters. The van der Waals surface area contributed by atoms with Gasteiger partial charge in [-0.1, -0.05) is 30.3 Å². The van der Waals surface area contributed by atoms with Crippen molar-refractivity contribution < 1.29 is 9.21 Å². The first-order valence-corrected chi connectivity index (χ1v) is 10.6. The second-order valence-corrected chi connectivity index (χ2v) is 7.64. The lowest BCUT2D eigenvalue weighted by atomic mass is 10.2. The second-order valence-electron chi connectivity index (χ2n) is 7.64. The number of para-hydroxylation sites is 3. The van der Waals surface area contributed by atoms with Gasteiger partial charge in [0.05, 0.1) is 22.3 Å². The molecular formula is C25H23N5O2. The van der Waals surface area contributed by atoms with E-state index in [2.05, 4.69) is 20.4 Å². The number of fused-ring (bicyclic) bond motifs is 1. The van der Waals surface area contributed by atoms with Gasteiger partial charge < -0.3 is 14.7 Å². The predicted molar refractivity (Wildman–Crippen MR) is 123 cm³/mol. The molecule has 0 saturated heterocycles. The molecule has 0 aliphatic rings. The Bertz CT molecular complexity index is 1330. The van der Waals surface area contributed by atoms with E-state index in [0.717, 1.165) is 41.1 Å². The second kappa shape index (κ2) is 8.55. The van der Waals surface area contributed by atoms with Crippen LogP contribution in [0.3, 0.4) is 0 Å². The lowest BCUT2D eigenvalue weighted by Gasteiger charge is -2.04. The molecule has 5 aromatic rings. The maximum atomic E-state index is 13.0.